The Kier molecular flexibility index (Phi) is 5.46. The maximum absolute atomic E-state index is 5.92. The van der Waals surface area contributed by atoms with Crippen LogP contribution in [0, 0.1) is 0 Å². The number of benzene rings is 1. The number of halogens is 1. The molecule has 2 heterocycles. The normalized spacial score (nSPS) is 17.8. The molecule has 0 saturated heterocycles. The first kappa shape index (κ1) is 16.6. The van der Waals surface area contributed by atoms with Crippen LogP contribution in [0.5, 0.6) is 11.5 Å². The van der Waals surface area contributed by atoms with E-state index in [1.54, 1.807) is 14.2 Å². The quantitative estimate of drug-likeness (QED) is 0.722. The highest BCUT2D eigenvalue weighted by atomic mass is 35.5. The van der Waals surface area contributed by atoms with Crippen molar-refractivity contribution in [3.63, 3.8) is 0 Å². The van der Waals surface area contributed by atoms with Crippen LogP contribution in [0.1, 0.15) is 28.5 Å². The van der Waals surface area contributed by atoms with E-state index in [1.165, 1.54) is 16.0 Å². The van der Waals surface area contributed by atoms with Crippen LogP contribution >= 0.6 is 22.9 Å². The lowest BCUT2D eigenvalue weighted by Gasteiger charge is -2.36. The second-order valence-electron chi connectivity index (χ2n) is 5.64. The number of rotatable bonds is 6. The van der Waals surface area contributed by atoms with Crippen LogP contribution in [-0.4, -0.2) is 38.1 Å². The number of nitrogens with zero attached hydrogens (tertiary/aromatic N) is 1. The molecule has 1 aliphatic heterocycles. The summed E-state index contributed by atoms with van der Waals surface area (Å²) in [5, 5.41) is 2.20. The average Bonchev–Trinajstić information content (AvgIpc) is 3.07. The predicted molar refractivity (Wildman–Crippen MR) is 96.3 cm³/mol. The predicted octanol–water partition coefficient (Wildman–Crippen LogP) is 4.34. The van der Waals surface area contributed by atoms with Crippen molar-refractivity contribution in [1.29, 1.82) is 0 Å². The third-order valence-corrected chi connectivity index (χ3v) is 5.63. The minimum atomic E-state index is 0.271. The molecule has 1 aromatic carbocycles. The Morgan fingerprint density at radius 3 is 2.78 bits per heavy atom. The number of hydrogen-bond donors (Lipinski definition) is 0. The van der Waals surface area contributed by atoms with Crippen molar-refractivity contribution in [3.8, 4) is 11.5 Å². The van der Waals surface area contributed by atoms with Gasteiger partial charge in [-0.1, -0.05) is 6.07 Å². The van der Waals surface area contributed by atoms with Crippen molar-refractivity contribution in [2.75, 3.05) is 33.2 Å². The molecule has 1 unspecified atom stereocenters. The van der Waals surface area contributed by atoms with E-state index in [2.05, 4.69) is 28.5 Å². The second-order valence-corrected chi connectivity index (χ2v) is 7.02. The highest BCUT2D eigenvalue weighted by Gasteiger charge is 2.29. The molecule has 0 fully saturated rings. The molecule has 1 atom stereocenters. The van der Waals surface area contributed by atoms with E-state index in [1.807, 2.05) is 17.4 Å². The highest BCUT2D eigenvalue weighted by molar-refractivity contribution is 7.10. The molecular weight excluding hydrogens is 330 g/mol. The zero-order valence-electron chi connectivity index (χ0n) is 13.5. The molecule has 0 saturated carbocycles. The third-order valence-electron chi connectivity index (χ3n) is 4.37. The molecule has 3 rings (SSSR count). The van der Waals surface area contributed by atoms with Crippen molar-refractivity contribution in [2.45, 2.75) is 18.9 Å². The summed E-state index contributed by atoms with van der Waals surface area (Å²) in [4.78, 5) is 4.02. The topological polar surface area (TPSA) is 21.7 Å². The molecule has 3 nitrogen and oxygen atoms in total. The van der Waals surface area contributed by atoms with E-state index in [4.69, 9.17) is 21.1 Å². The smallest absolute Gasteiger partial charge is 0.161 e. The van der Waals surface area contributed by atoms with Crippen LogP contribution in [0.3, 0.4) is 0 Å². The molecule has 0 amide bonds. The average molecular weight is 352 g/mol. The van der Waals surface area contributed by atoms with Crippen LogP contribution in [0.15, 0.2) is 29.6 Å². The van der Waals surface area contributed by atoms with E-state index in [9.17, 15) is 0 Å². The second kappa shape index (κ2) is 7.56. The molecule has 1 aromatic heterocycles. The molecule has 0 radical (unpaired) electrons. The van der Waals surface area contributed by atoms with Crippen molar-refractivity contribution < 1.29 is 9.47 Å². The highest BCUT2D eigenvalue weighted by Crippen LogP contribution is 2.40. The minimum absolute atomic E-state index is 0.271. The molecule has 0 N–H and O–H groups in total. The van der Waals surface area contributed by atoms with Crippen molar-refractivity contribution in [1.82, 2.24) is 4.90 Å². The number of ether oxygens (including phenoxy) is 2. The maximum atomic E-state index is 5.92. The largest absolute Gasteiger partial charge is 0.493 e. The summed E-state index contributed by atoms with van der Waals surface area (Å²) in [6, 6.07) is 8.77. The monoisotopic (exact) mass is 351 g/mol. The van der Waals surface area contributed by atoms with Gasteiger partial charge in [0.1, 0.15) is 0 Å². The van der Waals surface area contributed by atoms with E-state index in [0.717, 1.165) is 37.4 Å². The molecular formula is C18H22ClNO2S. The van der Waals surface area contributed by atoms with Gasteiger partial charge < -0.3 is 9.47 Å². The van der Waals surface area contributed by atoms with Gasteiger partial charge in [0.05, 0.1) is 20.3 Å². The Balaban J connectivity index is 1.99. The third kappa shape index (κ3) is 3.35. The Morgan fingerprint density at radius 1 is 1.22 bits per heavy atom. The van der Waals surface area contributed by atoms with E-state index >= 15 is 0 Å². The summed E-state index contributed by atoms with van der Waals surface area (Å²) in [7, 11) is 3.35. The number of fused-ring (bicyclic) bond motifs is 1. The fourth-order valence-electron chi connectivity index (χ4n) is 3.29. The first-order valence-corrected chi connectivity index (χ1v) is 9.28. The molecule has 23 heavy (non-hydrogen) atoms. The summed E-state index contributed by atoms with van der Waals surface area (Å²) < 4.78 is 10.9. The zero-order chi connectivity index (χ0) is 16.2. The summed E-state index contributed by atoms with van der Waals surface area (Å²) in [5.41, 5.74) is 2.67. The van der Waals surface area contributed by atoms with Gasteiger partial charge in [0.25, 0.3) is 0 Å². The summed E-state index contributed by atoms with van der Waals surface area (Å²) in [5.74, 6) is 2.25. The van der Waals surface area contributed by atoms with Crippen LogP contribution in [0.25, 0.3) is 0 Å². The van der Waals surface area contributed by atoms with Crippen LogP contribution < -0.4 is 9.47 Å². The fourth-order valence-corrected chi connectivity index (χ4v) is 4.31. The molecule has 0 aliphatic carbocycles. The van der Waals surface area contributed by atoms with Gasteiger partial charge >= 0.3 is 0 Å². The van der Waals surface area contributed by atoms with Gasteiger partial charge in [0, 0.05) is 23.8 Å². The van der Waals surface area contributed by atoms with Gasteiger partial charge in [-0.3, -0.25) is 4.90 Å². The van der Waals surface area contributed by atoms with E-state index in [0.29, 0.717) is 5.88 Å². The van der Waals surface area contributed by atoms with Crippen molar-refractivity contribution in [3.05, 3.63) is 45.6 Å². The molecule has 1 aliphatic rings. The first-order chi connectivity index (χ1) is 11.3. The number of methoxy groups -OCH3 is 2. The number of alkyl halides is 1. The molecule has 5 heteroatoms. The molecule has 2 aromatic rings. The lowest BCUT2D eigenvalue weighted by Crippen LogP contribution is -2.36. The van der Waals surface area contributed by atoms with Gasteiger partial charge in [0.2, 0.25) is 0 Å². The summed E-state index contributed by atoms with van der Waals surface area (Å²) in [6.07, 6.45) is 2.13. The van der Waals surface area contributed by atoms with Gasteiger partial charge in [0.15, 0.2) is 11.5 Å². The lowest BCUT2D eigenvalue weighted by molar-refractivity contribution is 0.215. The van der Waals surface area contributed by atoms with Crippen LogP contribution in [0.4, 0.5) is 0 Å². The standard InChI is InChI=1S/C18H22ClNO2S/c1-21-15-5-4-13(12-16(15)22-2)18-14-7-11-23-17(14)6-10-20(18)9-3-8-19/h4-5,7,11-12,18H,3,6,8-10H2,1-2H3. The van der Waals surface area contributed by atoms with Crippen molar-refractivity contribution in [2.24, 2.45) is 0 Å². The van der Waals surface area contributed by atoms with Gasteiger partial charge in [-0.15, -0.1) is 22.9 Å². The van der Waals surface area contributed by atoms with E-state index < -0.39 is 0 Å². The van der Waals surface area contributed by atoms with Crippen molar-refractivity contribution >= 4 is 22.9 Å². The van der Waals surface area contributed by atoms with E-state index in [-0.39, 0.29) is 6.04 Å². The van der Waals surface area contributed by atoms with Gasteiger partial charge in [-0.2, -0.15) is 0 Å². The SMILES string of the molecule is COc1ccc(C2c3ccsc3CCN2CCCCl)cc1OC. The maximum Gasteiger partial charge on any atom is 0.161 e. The Labute approximate surface area is 146 Å². The van der Waals surface area contributed by atoms with Crippen LogP contribution in [-0.2, 0) is 6.42 Å². The lowest BCUT2D eigenvalue weighted by atomic mass is 9.93. The Hall–Kier alpha value is -1.23. The Morgan fingerprint density at radius 2 is 2.04 bits per heavy atom. The molecule has 124 valence electrons. The fraction of sp³-hybridized carbons (Fsp3) is 0.444. The van der Waals surface area contributed by atoms with Gasteiger partial charge in [-0.05, 0) is 47.5 Å². The molecule has 0 bridgehead atoms. The minimum Gasteiger partial charge on any atom is -0.493 e. The number of hydrogen-bond acceptors (Lipinski definition) is 4. The summed E-state index contributed by atoms with van der Waals surface area (Å²) >= 11 is 7.78. The van der Waals surface area contributed by atoms with Gasteiger partial charge in [-0.25, -0.2) is 0 Å². The summed E-state index contributed by atoms with van der Waals surface area (Å²) in [6.45, 7) is 2.08. The first-order valence-electron chi connectivity index (χ1n) is 7.86. The zero-order valence-corrected chi connectivity index (χ0v) is 15.1. The number of thiophene rings is 1. The molecule has 0 spiro atoms. The Bertz CT molecular complexity index is 658. The van der Waals surface area contributed by atoms with Crippen LogP contribution in [0.2, 0.25) is 0 Å².